The topological polar surface area (TPSA) is 91.8 Å². The minimum atomic E-state index is -3.27. The Morgan fingerprint density at radius 3 is 2.39 bits per heavy atom. The number of nitrogens with one attached hydrogen (secondary N) is 1. The molecule has 166 valence electrons. The Labute approximate surface area is 195 Å². The predicted molar refractivity (Wildman–Crippen MR) is 133 cm³/mol. The Bertz CT molecular complexity index is 1570. The molecule has 5 aromatic rings. The zero-order valence-electron chi connectivity index (χ0n) is 18.3. The number of hydrogen-bond acceptors (Lipinski definition) is 7. The Morgan fingerprint density at radius 2 is 1.70 bits per heavy atom. The van der Waals surface area contributed by atoms with Crippen LogP contribution in [0.25, 0.3) is 43.9 Å². The highest BCUT2D eigenvalue weighted by Gasteiger charge is 2.16. The monoisotopic (exact) mass is 475 g/mol. The number of rotatable bonds is 5. The lowest BCUT2D eigenvalue weighted by Crippen LogP contribution is -2.07. The van der Waals surface area contributed by atoms with Crippen LogP contribution in [0.1, 0.15) is 0 Å². The molecule has 0 aliphatic rings. The molecule has 2 aromatic carbocycles. The maximum absolute atomic E-state index is 11.9. The minimum absolute atomic E-state index is 0.318. The molecule has 0 radical (unpaired) electrons. The first-order chi connectivity index (χ1) is 15.8. The Morgan fingerprint density at radius 1 is 0.939 bits per heavy atom. The summed E-state index contributed by atoms with van der Waals surface area (Å²) in [5.41, 5.74) is 6.52. The van der Waals surface area contributed by atoms with E-state index in [1.54, 1.807) is 12.1 Å². The summed E-state index contributed by atoms with van der Waals surface area (Å²) in [4.78, 5) is 11.7. The van der Waals surface area contributed by atoms with Crippen molar-refractivity contribution in [1.82, 2.24) is 20.2 Å². The lowest BCUT2D eigenvalue weighted by atomic mass is 9.99. The average molecular weight is 476 g/mol. The molecule has 0 spiro atoms. The summed E-state index contributed by atoms with van der Waals surface area (Å²) in [6.45, 7) is 0. The van der Waals surface area contributed by atoms with Gasteiger partial charge in [0.1, 0.15) is 10.5 Å². The van der Waals surface area contributed by atoms with Gasteiger partial charge in [0, 0.05) is 42.6 Å². The Balaban J connectivity index is 1.61. The van der Waals surface area contributed by atoms with E-state index in [1.165, 1.54) is 23.9 Å². The van der Waals surface area contributed by atoms with E-state index < -0.39 is 9.84 Å². The molecule has 0 saturated heterocycles. The molecule has 0 unspecified atom stereocenters. The number of anilines is 1. The highest BCUT2D eigenvalue weighted by atomic mass is 32.2. The van der Waals surface area contributed by atoms with Crippen LogP contribution in [0.5, 0.6) is 0 Å². The maximum atomic E-state index is 11.9. The molecule has 3 aromatic heterocycles. The van der Waals surface area contributed by atoms with Crippen LogP contribution >= 0.6 is 11.3 Å². The third kappa shape index (κ3) is 4.01. The van der Waals surface area contributed by atoms with Gasteiger partial charge < -0.3 is 4.90 Å². The smallest absolute Gasteiger partial charge is 0.184 e. The quantitative estimate of drug-likeness (QED) is 0.389. The number of hydrogen-bond donors (Lipinski definition) is 1. The largest absolute Gasteiger partial charge is 0.378 e. The van der Waals surface area contributed by atoms with Crippen LogP contribution < -0.4 is 4.90 Å². The fourth-order valence-electron chi connectivity index (χ4n) is 3.72. The minimum Gasteiger partial charge on any atom is -0.378 e. The molecule has 33 heavy (non-hydrogen) atoms. The summed E-state index contributed by atoms with van der Waals surface area (Å²) in [5, 5.41) is 8.27. The molecule has 0 amide bonds. The van der Waals surface area contributed by atoms with Crippen molar-refractivity contribution in [2.75, 3.05) is 25.3 Å². The van der Waals surface area contributed by atoms with Gasteiger partial charge in [-0.3, -0.25) is 5.10 Å². The second kappa shape index (κ2) is 8.09. The van der Waals surface area contributed by atoms with Gasteiger partial charge in [-0.25, -0.2) is 18.4 Å². The van der Waals surface area contributed by atoms with Gasteiger partial charge in [-0.1, -0.05) is 18.2 Å². The SMILES string of the molecule is CN(C)c1ccc(-c2[nH]ncc2-c2ccc3ncnc(-c4ccc(S(C)(=O)=O)s4)c3c2)cc1. The van der Waals surface area contributed by atoms with Gasteiger partial charge in [0.2, 0.25) is 0 Å². The van der Waals surface area contributed by atoms with Crippen molar-refractivity contribution in [3.63, 3.8) is 0 Å². The molecule has 0 saturated carbocycles. The van der Waals surface area contributed by atoms with Gasteiger partial charge in [-0.2, -0.15) is 5.10 Å². The summed E-state index contributed by atoms with van der Waals surface area (Å²) in [5.74, 6) is 0. The van der Waals surface area contributed by atoms with Crippen LogP contribution in [0.3, 0.4) is 0 Å². The highest BCUT2D eigenvalue weighted by molar-refractivity contribution is 7.92. The summed E-state index contributed by atoms with van der Waals surface area (Å²) in [6.07, 6.45) is 4.53. The summed E-state index contributed by atoms with van der Waals surface area (Å²) < 4.78 is 24.2. The van der Waals surface area contributed by atoms with Gasteiger partial charge in [-0.15, -0.1) is 11.3 Å². The molecular formula is C24H21N5O2S2. The van der Waals surface area contributed by atoms with Crippen molar-refractivity contribution in [1.29, 1.82) is 0 Å². The Hall–Kier alpha value is -3.56. The maximum Gasteiger partial charge on any atom is 0.184 e. The third-order valence-electron chi connectivity index (χ3n) is 5.44. The lowest BCUT2D eigenvalue weighted by molar-refractivity contribution is 0.604. The molecule has 3 heterocycles. The number of thiophene rings is 1. The first-order valence-electron chi connectivity index (χ1n) is 10.2. The van der Waals surface area contributed by atoms with Gasteiger partial charge in [0.25, 0.3) is 0 Å². The van der Waals surface area contributed by atoms with E-state index in [2.05, 4.69) is 49.3 Å². The normalized spacial score (nSPS) is 11.7. The van der Waals surface area contributed by atoms with E-state index in [4.69, 9.17) is 0 Å². The highest BCUT2D eigenvalue weighted by Crippen LogP contribution is 2.37. The van der Waals surface area contributed by atoms with Gasteiger partial charge in [-0.05, 0) is 42.0 Å². The van der Waals surface area contributed by atoms with Crippen LogP contribution in [0.2, 0.25) is 0 Å². The van der Waals surface area contributed by atoms with E-state index in [0.29, 0.717) is 9.90 Å². The fourth-order valence-corrected chi connectivity index (χ4v) is 5.66. The van der Waals surface area contributed by atoms with E-state index in [1.807, 2.05) is 38.5 Å². The number of aromatic nitrogens is 4. The predicted octanol–water partition coefficient (Wildman–Crippen LogP) is 4.88. The molecule has 5 rings (SSSR count). The van der Waals surface area contributed by atoms with Crippen LogP contribution in [0.4, 0.5) is 5.69 Å². The fraction of sp³-hybridized carbons (Fsp3) is 0.125. The van der Waals surface area contributed by atoms with Crippen LogP contribution in [-0.4, -0.2) is 48.9 Å². The van der Waals surface area contributed by atoms with Crippen molar-refractivity contribution < 1.29 is 8.42 Å². The summed E-state index contributed by atoms with van der Waals surface area (Å²) in [7, 11) is 0.751. The Kier molecular flexibility index (Phi) is 5.22. The number of nitrogens with zero attached hydrogens (tertiary/aromatic N) is 4. The van der Waals surface area contributed by atoms with Crippen LogP contribution in [0.15, 0.2) is 71.3 Å². The zero-order valence-corrected chi connectivity index (χ0v) is 19.9. The van der Waals surface area contributed by atoms with E-state index >= 15 is 0 Å². The van der Waals surface area contributed by atoms with Crippen LogP contribution in [-0.2, 0) is 9.84 Å². The molecule has 0 bridgehead atoms. The van der Waals surface area contributed by atoms with Crippen molar-refractivity contribution >= 4 is 37.8 Å². The van der Waals surface area contributed by atoms with E-state index in [0.717, 1.165) is 43.9 Å². The number of aromatic amines is 1. The second-order valence-corrected chi connectivity index (χ2v) is 11.3. The molecule has 7 nitrogen and oxygen atoms in total. The molecule has 0 aliphatic carbocycles. The molecular weight excluding hydrogens is 454 g/mol. The third-order valence-corrected chi connectivity index (χ3v) is 8.35. The average Bonchev–Trinajstić information content (AvgIpc) is 3.48. The second-order valence-electron chi connectivity index (χ2n) is 7.95. The zero-order chi connectivity index (χ0) is 23.2. The van der Waals surface area contributed by atoms with Gasteiger partial charge >= 0.3 is 0 Å². The summed E-state index contributed by atoms with van der Waals surface area (Å²) >= 11 is 1.21. The standard InChI is InChI=1S/C24H21N5O2S2/c1-29(2)17-7-4-15(5-8-17)23-19(13-27-28-23)16-6-9-20-18(12-16)24(26-14-25-20)21-10-11-22(32-21)33(3,30)31/h4-14H,1-3H3,(H,27,28). The van der Waals surface area contributed by atoms with E-state index in [9.17, 15) is 8.42 Å². The van der Waals surface area contributed by atoms with Crippen molar-refractivity contribution in [3.8, 4) is 33.0 Å². The number of sulfone groups is 1. The molecule has 0 atom stereocenters. The molecule has 1 N–H and O–H groups in total. The number of benzene rings is 2. The first-order valence-corrected chi connectivity index (χ1v) is 12.9. The number of fused-ring (bicyclic) bond motifs is 1. The molecule has 9 heteroatoms. The van der Waals surface area contributed by atoms with Crippen molar-refractivity contribution in [2.24, 2.45) is 0 Å². The number of H-pyrrole nitrogens is 1. The summed E-state index contributed by atoms with van der Waals surface area (Å²) in [6, 6.07) is 17.7. The first kappa shape index (κ1) is 21.3. The molecule has 0 aliphatic heterocycles. The van der Waals surface area contributed by atoms with Gasteiger partial charge in [0.05, 0.1) is 28.0 Å². The van der Waals surface area contributed by atoms with Gasteiger partial charge in [0.15, 0.2) is 9.84 Å². The van der Waals surface area contributed by atoms with E-state index in [-0.39, 0.29) is 0 Å². The van der Waals surface area contributed by atoms with Crippen LogP contribution in [0, 0.1) is 0 Å². The molecule has 0 fully saturated rings. The van der Waals surface area contributed by atoms with Crippen molar-refractivity contribution in [3.05, 3.63) is 67.1 Å². The van der Waals surface area contributed by atoms with Crippen molar-refractivity contribution in [2.45, 2.75) is 4.21 Å². The lowest BCUT2D eigenvalue weighted by Gasteiger charge is -2.13.